The minimum absolute atomic E-state index is 0.114. The third-order valence-electron chi connectivity index (χ3n) is 5.50. The third kappa shape index (κ3) is 3.58. The predicted molar refractivity (Wildman–Crippen MR) is 106 cm³/mol. The maximum Gasteiger partial charge on any atom is 0.261 e. The third-order valence-corrected chi connectivity index (χ3v) is 6.88. The highest BCUT2D eigenvalue weighted by molar-refractivity contribution is 7.92. The number of rotatable bonds is 4. The monoisotopic (exact) mass is 384 g/mol. The SMILES string of the molecule is Cc1cccc(S(=O)(=O)Nc2ccc3c(c2)N(C(=O)C2CCCC2)CC3)c1. The van der Waals surface area contributed by atoms with E-state index in [2.05, 4.69) is 4.72 Å². The van der Waals surface area contributed by atoms with Crippen LogP contribution in [0, 0.1) is 12.8 Å². The summed E-state index contributed by atoms with van der Waals surface area (Å²) in [5.41, 5.74) is 3.32. The normalized spacial score (nSPS) is 17.1. The summed E-state index contributed by atoms with van der Waals surface area (Å²) in [6.07, 6.45) is 4.98. The Balaban J connectivity index is 1.59. The molecule has 27 heavy (non-hydrogen) atoms. The molecule has 1 N–H and O–H groups in total. The van der Waals surface area contributed by atoms with Crippen LogP contribution in [0.25, 0.3) is 0 Å². The van der Waals surface area contributed by atoms with Gasteiger partial charge in [0.1, 0.15) is 0 Å². The Hall–Kier alpha value is -2.34. The van der Waals surface area contributed by atoms with Gasteiger partial charge in [-0.05, 0) is 61.6 Å². The van der Waals surface area contributed by atoms with Crippen molar-refractivity contribution in [3.05, 3.63) is 53.6 Å². The van der Waals surface area contributed by atoms with Crippen molar-refractivity contribution in [2.24, 2.45) is 5.92 Å². The van der Waals surface area contributed by atoms with Gasteiger partial charge in [0.15, 0.2) is 0 Å². The molecule has 0 bridgehead atoms. The van der Waals surface area contributed by atoms with Gasteiger partial charge in [-0.25, -0.2) is 8.42 Å². The Morgan fingerprint density at radius 2 is 1.89 bits per heavy atom. The second-order valence-electron chi connectivity index (χ2n) is 7.49. The van der Waals surface area contributed by atoms with Gasteiger partial charge in [-0.2, -0.15) is 0 Å². The molecule has 1 fully saturated rings. The first-order chi connectivity index (χ1) is 12.9. The van der Waals surface area contributed by atoms with Crippen LogP contribution in [-0.2, 0) is 21.2 Å². The Bertz CT molecular complexity index is 979. The van der Waals surface area contributed by atoms with E-state index >= 15 is 0 Å². The van der Waals surface area contributed by atoms with Crippen LogP contribution in [0.3, 0.4) is 0 Å². The first-order valence-corrected chi connectivity index (χ1v) is 11.0. The average Bonchev–Trinajstić information content (AvgIpc) is 3.30. The number of hydrogen-bond donors (Lipinski definition) is 1. The first kappa shape index (κ1) is 18.0. The molecule has 2 aliphatic rings. The van der Waals surface area contributed by atoms with Crippen LogP contribution < -0.4 is 9.62 Å². The molecule has 5 nitrogen and oxygen atoms in total. The fourth-order valence-corrected chi connectivity index (χ4v) is 5.22. The molecule has 1 amide bonds. The number of aryl methyl sites for hydroxylation is 1. The van der Waals surface area contributed by atoms with Gasteiger partial charge in [-0.1, -0.05) is 31.0 Å². The number of sulfonamides is 1. The first-order valence-electron chi connectivity index (χ1n) is 9.48. The number of nitrogens with one attached hydrogen (secondary N) is 1. The summed E-state index contributed by atoms with van der Waals surface area (Å²) >= 11 is 0. The molecule has 1 heterocycles. The smallest absolute Gasteiger partial charge is 0.261 e. The van der Waals surface area contributed by atoms with E-state index < -0.39 is 10.0 Å². The number of fused-ring (bicyclic) bond motifs is 1. The lowest BCUT2D eigenvalue weighted by molar-refractivity contribution is -0.122. The summed E-state index contributed by atoms with van der Waals surface area (Å²) < 4.78 is 28.0. The van der Waals surface area contributed by atoms with Crippen LogP contribution in [0.15, 0.2) is 47.4 Å². The van der Waals surface area contributed by atoms with Gasteiger partial charge < -0.3 is 4.90 Å². The zero-order valence-corrected chi connectivity index (χ0v) is 16.3. The molecule has 4 rings (SSSR count). The van der Waals surface area contributed by atoms with Gasteiger partial charge in [0.05, 0.1) is 10.6 Å². The quantitative estimate of drug-likeness (QED) is 0.870. The molecule has 1 saturated carbocycles. The summed E-state index contributed by atoms with van der Waals surface area (Å²) in [7, 11) is -3.66. The van der Waals surface area contributed by atoms with Gasteiger partial charge in [-0.3, -0.25) is 9.52 Å². The molecule has 0 saturated heterocycles. The van der Waals surface area contributed by atoms with Crippen LogP contribution in [0.4, 0.5) is 11.4 Å². The highest BCUT2D eigenvalue weighted by atomic mass is 32.2. The van der Waals surface area contributed by atoms with E-state index in [-0.39, 0.29) is 16.7 Å². The summed E-state index contributed by atoms with van der Waals surface area (Å²) in [4.78, 5) is 14.9. The van der Waals surface area contributed by atoms with Crippen LogP contribution >= 0.6 is 0 Å². The molecule has 6 heteroatoms. The van der Waals surface area contributed by atoms with E-state index in [0.717, 1.165) is 48.9 Å². The van der Waals surface area contributed by atoms with E-state index in [1.165, 1.54) is 0 Å². The molecule has 1 aliphatic heterocycles. The molecule has 2 aromatic rings. The van der Waals surface area contributed by atoms with Gasteiger partial charge in [0.25, 0.3) is 10.0 Å². The predicted octanol–water partition coefficient (Wildman–Crippen LogP) is 3.88. The highest BCUT2D eigenvalue weighted by Gasteiger charge is 2.32. The van der Waals surface area contributed by atoms with Crippen molar-refractivity contribution >= 4 is 27.3 Å². The number of hydrogen-bond acceptors (Lipinski definition) is 3. The van der Waals surface area contributed by atoms with Crippen LogP contribution in [0.2, 0.25) is 0 Å². The molecule has 2 aromatic carbocycles. The minimum Gasteiger partial charge on any atom is -0.312 e. The number of carbonyl (C=O) groups excluding carboxylic acids is 1. The average molecular weight is 385 g/mol. The maximum atomic E-state index is 12.9. The molecule has 0 spiro atoms. The van der Waals surface area contributed by atoms with Gasteiger partial charge in [-0.15, -0.1) is 0 Å². The molecule has 0 radical (unpaired) electrons. The second kappa shape index (κ2) is 7.00. The van der Waals surface area contributed by atoms with Gasteiger partial charge >= 0.3 is 0 Å². The van der Waals surface area contributed by atoms with Crippen molar-refractivity contribution in [1.29, 1.82) is 0 Å². The van der Waals surface area contributed by atoms with E-state index in [0.29, 0.717) is 12.2 Å². The van der Waals surface area contributed by atoms with E-state index in [1.54, 1.807) is 30.3 Å². The summed E-state index contributed by atoms with van der Waals surface area (Å²) in [6, 6.07) is 12.3. The molecule has 1 aliphatic carbocycles. The minimum atomic E-state index is -3.66. The largest absolute Gasteiger partial charge is 0.312 e. The topological polar surface area (TPSA) is 66.5 Å². The lowest BCUT2D eigenvalue weighted by Gasteiger charge is -2.22. The Morgan fingerprint density at radius 3 is 2.63 bits per heavy atom. The van der Waals surface area contributed by atoms with Crippen molar-refractivity contribution < 1.29 is 13.2 Å². The standard InChI is InChI=1S/C21H24N2O3S/c1-15-5-4-8-19(13-15)27(25,26)22-18-10-9-16-11-12-23(20(16)14-18)21(24)17-6-2-3-7-17/h4-5,8-10,13-14,17,22H,2-3,6-7,11-12H2,1H3. The molecule has 0 unspecified atom stereocenters. The van der Waals surface area contributed by atoms with Crippen molar-refractivity contribution in [3.63, 3.8) is 0 Å². The maximum absolute atomic E-state index is 12.9. The fraction of sp³-hybridized carbons (Fsp3) is 0.381. The molecule has 0 atom stereocenters. The molecular weight excluding hydrogens is 360 g/mol. The molecule has 142 valence electrons. The molecular formula is C21H24N2O3S. The number of nitrogens with zero attached hydrogens (tertiary/aromatic N) is 1. The Morgan fingerprint density at radius 1 is 1.11 bits per heavy atom. The number of amides is 1. The van der Waals surface area contributed by atoms with E-state index in [4.69, 9.17) is 0 Å². The summed E-state index contributed by atoms with van der Waals surface area (Å²) in [5.74, 6) is 0.300. The van der Waals surface area contributed by atoms with Crippen molar-refractivity contribution in [2.45, 2.75) is 43.9 Å². The Labute approximate surface area is 160 Å². The fourth-order valence-electron chi connectivity index (χ4n) is 4.06. The van der Waals surface area contributed by atoms with E-state index in [1.807, 2.05) is 24.0 Å². The number of carbonyl (C=O) groups is 1. The van der Waals surface area contributed by atoms with Crippen LogP contribution in [0.5, 0.6) is 0 Å². The van der Waals surface area contributed by atoms with Gasteiger partial charge in [0, 0.05) is 18.2 Å². The zero-order chi connectivity index (χ0) is 19.0. The van der Waals surface area contributed by atoms with Crippen molar-refractivity contribution in [2.75, 3.05) is 16.2 Å². The number of anilines is 2. The number of benzene rings is 2. The lowest BCUT2D eigenvalue weighted by atomic mass is 10.1. The Kier molecular flexibility index (Phi) is 4.68. The van der Waals surface area contributed by atoms with E-state index in [9.17, 15) is 13.2 Å². The molecule has 0 aromatic heterocycles. The summed E-state index contributed by atoms with van der Waals surface area (Å²) in [5, 5.41) is 0. The van der Waals surface area contributed by atoms with Crippen molar-refractivity contribution in [1.82, 2.24) is 0 Å². The second-order valence-corrected chi connectivity index (χ2v) is 9.17. The van der Waals surface area contributed by atoms with Gasteiger partial charge in [0.2, 0.25) is 5.91 Å². The zero-order valence-electron chi connectivity index (χ0n) is 15.4. The van der Waals surface area contributed by atoms with Crippen LogP contribution in [0.1, 0.15) is 36.8 Å². The summed E-state index contributed by atoms with van der Waals surface area (Å²) in [6.45, 7) is 2.54. The highest BCUT2D eigenvalue weighted by Crippen LogP contribution is 2.35. The van der Waals surface area contributed by atoms with Crippen molar-refractivity contribution in [3.8, 4) is 0 Å². The van der Waals surface area contributed by atoms with Crippen LogP contribution in [-0.4, -0.2) is 20.9 Å². The lowest BCUT2D eigenvalue weighted by Crippen LogP contribution is -2.33.